The van der Waals surface area contributed by atoms with Crippen LogP contribution in [0.25, 0.3) is 22.8 Å². The molecule has 30 heavy (non-hydrogen) atoms. The first-order valence-electron chi connectivity index (χ1n) is 9.88. The minimum Gasteiger partial charge on any atom is -0.488 e. The van der Waals surface area contributed by atoms with Gasteiger partial charge >= 0.3 is 0 Å². The molecule has 1 aliphatic rings. The predicted octanol–water partition coefficient (Wildman–Crippen LogP) is 4.22. The number of para-hydroxylation sites is 1. The van der Waals surface area contributed by atoms with Crippen LogP contribution in [0, 0.1) is 6.92 Å². The molecule has 4 aromatic rings. The summed E-state index contributed by atoms with van der Waals surface area (Å²) < 4.78 is 11.9. The van der Waals surface area contributed by atoms with E-state index < -0.39 is 0 Å². The second-order valence-electron chi connectivity index (χ2n) is 7.28. The Morgan fingerprint density at radius 2 is 2.07 bits per heavy atom. The van der Waals surface area contributed by atoms with Gasteiger partial charge in [-0.15, -0.1) is 11.3 Å². The van der Waals surface area contributed by atoms with Crippen molar-refractivity contribution in [2.24, 2.45) is 0 Å². The summed E-state index contributed by atoms with van der Waals surface area (Å²) in [4.78, 5) is 16.7. The Labute approximate surface area is 178 Å². The van der Waals surface area contributed by atoms with E-state index in [-0.39, 0.29) is 6.10 Å². The van der Waals surface area contributed by atoms with Crippen molar-refractivity contribution in [3.63, 3.8) is 0 Å². The number of nitrogens with zero attached hydrogens (tertiary/aromatic N) is 5. The van der Waals surface area contributed by atoms with E-state index in [1.165, 1.54) is 4.88 Å². The van der Waals surface area contributed by atoms with Crippen molar-refractivity contribution >= 4 is 11.3 Å². The van der Waals surface area contributed by atoms with E-state index in [0.717, 1.165) is 48.6 Å². The fourth-order valence-electron chi connectivity index (χ4n) is 3.59. The maximum atomic E-state index is 6.36. The highest BCUT2D eigenvalue weighted by molar-refractivity contribution is 7.09. The lowest BCUT2D eigenvalue weighted by Crippen LogP contribution is -2.24. The molecule has 1 aromatic carbocycles. The summed E-state index contributed by atoms with van der Waals surface area (Å²) >= 11 is 1.72. The minimum absolute atomic E-state index is 0.127. The number of hydrogen-bond acceptors (Lipinski definition) is 8. The normalized spacial score (nSPS) is 16.8. The molecule has 152 valence electrons. The molecule has 0 bridgehead atoms. The van der Waals surface area contributed by atoms with Crippen molar-refractivity contribution in [2.45, 2.75) is 26.0 Å². The molecule has 1 saturated heterocycles. The van der Waals surface area contributed by atoms with Crippen LogP contribution in [0.1, 0.15) is 17.0 Å². The fraction of sp³-hybridized carbons (Fsp3) is 0.273. The molecule has 1 fully saturated rings. The molecule has 0 spiro atoms. The van der Waals surface area contributed by atoms with Crippen molar-refractivity contribution < 1.29 is 9.26 Å². The number of aryl methyl sites for hydroxylation is 1. The lowest BCUT2D eigenvalue weighted by Gasteiger charge is -2.17. The first-order valence-corrected chi connectivity index (χ1v) is 10.8. The highest BCUT2D eigenvalue weighted by Crippen LogP contribution is 2.32. The number of thiazole rings is 1. The smallest absolute Gasteiger partial charge is 0.262 e. The number of likely N-dealkylation sites (tertiary alicyclic amines) is 1. The van der Waals surface area contributed by atoms with E-state index in [9.17, 15) is 0 Å². The standard InChI is InChI=1S/C22H21N5O2S/c1-15-20(30-14-24-15)13-27-11-8-17(12-27)28-19-5-3-2-4-18(19)22-25-21(26-29-22)16-6-9-23-10-7-16/h2-7,9-10,14,17H,8,11-13H2,1H3. The molecular weight excluding hydrogens is 398 g/mol. The van der Waals surface area contributed by atoms with Crippen molar-refractivity contribution in [1.82, 2.24) is 25.0 Å². The lowest BCUT2D eigenvalue weighted by molar-refractivity contribution is 0.199. The first-order chi connectivity index (χ1) is 14.8. The number of rotatable bonds is 6. The second-order valence-corrected chi connectivity index (χ2v) is 8.22. The van der Waals surface area contributed by atoms with Gasteiger partial charge in [-0.25, -0.2) is 4.98 Å². The third-order valence-corrected chi connectivity index (χ3v) is 6.14. The van der Waals surface area contributed by atoms with Gasteiger partial charge < -0.3 is 9.26 Å². The van der Waals surface area contributed by atoms with E-state index in [2.05, 4.69) is 31.9 Å². The first kappa shape index (κ1) is 18.9. The van der Waals surface area contributed by atoms with Gasteiger partial charge in [0.15, 0.2) is 0 Å². The molecule has 0 N–H and O–H groups in total. The van der Waals surface area contributed by atoms with E-state index in [4.69, 9.17) is 9.26 Å². The molecule has 8 heteroatoms. The summed E-state index contributed by atoms with van der Waals surface area (Å²) in [5, 5.41) is 4.12. The van der Waals surface area contributed by atoms with Crippen LogP contribution >= 0.6 is 11.3 Å². The van der Waals surface area contributed by atoms with Crippen LogP contribution in [0.15, 0.2) is 58.8 Å². The van der Waals surface area contributed by atoms with Gasteiger partial charge in [0.05, 0.1) is 16.8 Å². The van der Waals surface area contributed by atoms with Crippen LogP contribution in [-0.2, 0) is 6.54 Å². The van der Waals surface area contributed by atoms with Crippen molar-refractivity contribution in [3.8, 4) is 28.6 Å². The maximum absolute atomic E-state index is 6.36. The predicted molar refractivity (Wildman–Crippen MR) is 114 cm³/mol. The van der Waals surface area contributed by atoms with Crippen LogP contribution in [0.2, 0.25) is 0 Å². The molecule has 4 heterocycles. The van der Waals surface area contributed by atoms with Crippen LogP contribution in [-0.4, -0.2) is 44.2 Å². The zero-order chi connectivity index (χ0) is 20.3. The molecule has 7 nitrogen and oxygen atoms in total. The van der Waals surface area contributed by atoms with Gasteiger partial charge in [0.2, 0.25) is 5.82 Å². The molecule has 0 radical (unpaired) electrons. The number of benzene rings is 1. The van der Waals surface area contributed by atoms with Crippen LogP contribution in [0.5, 0.6) is 5.75 Å². The van der Waals surface area contributed by atoms with Gasteiger partial charge in [-0.1, -0.05) is 17.3 Å². The van der Waals surface area contributed by atoms with Gasteiger partial charge in [-0.3, -0.25) is 9.88 Å². The average Bonchev–Trinajstić information content (AvgIpc) is 3.52. The number of pyridine rings is 1. The lowest BCUT2D eigenvalue weighted by atomic mass is 10.2. The number of ether oxygens (including phenoxy) is 1. The van der Waals surface area contributed by atoms with Gasteiger partial charge in [0, 0.05) is 42.5 Å². The van der Waals surface area contributed by atoms with Gasteiger partial charge in [0.25, 0.3) is 5.89 Å². The Hall–Kier alpha value is -3.10. The van der Waals surface area contributed by atoms with Crippen molar-refractivity contribution in [3.05, 3.63) is 64.9 Å². The Kier molecular flexibility index (Phi) is 5.25. The molecule has 5 rings (SSSR count). The van der Waals surface area contributed by atoms with E-state index in [1.807, 2.05) is 41.9 Å². The number of aromatic nitrogens is 4. The zero-order valence-electron chi connectivity index (χ0n) is 16.6. The van der Waals surface area contributed by atoms with Crippen molar-refractivity contribution in [1.29, 1.82) is 0 Å². The molecule has 0 amide bonds. The number of hydrogen-bond donors (Lipinski definition) is 0. The monoisotopic (exact) mass is 419 g/mol. The SMILES string of the molecule is Cc1ncsc1CN1CCC(Oc2ccccc2-c2nc(-c3ccncc3)no2)C1. The zero-order valence-corrected chi connectivity index (χ0v) is 17.4. The largest absolute Gasteiger partial charge is 0.488 e. The summed E-state index contributed by atoms with van der Waals surface area (Å²) in [6.07, 6.45) is 4.53. The van der Waals surface area contributed by atoms with Crippen LogP contribution in [0.3, 0.4) is 0 Å². The summed E-state index contributed by atoms with van der Waals surface area (Å²) in [6, 6.07) is 11.5. The second kappa shape index (κ2) is 8.33. The summed E-state index contributed by atoms with van der Waals surface area (Å²) in [5.41, 5.74) is 4.71. The summed E-state index contributed by atoms with van der Waals surface area (Å²) in [6.45, 7) is 4.89. The minimum atomic E-state index is 0.127. The summed E-state index contributed by atoms with van der Waals surface area (Å²) in [5.74, 6) is 1.75. The molecule has 3 aromatic heterocycles. The highest BCUT2D eigenvalue weighted by Gasteiger charge is 2.26. The van der Waals surface area contributed by atoms with Crippen LogP contribution in [0.4, 0.5) is 0 Å². The maximum Gasteiger partial charge on any atom is 0.262 e. The highest BCUT2D eigenvalue weighted by atomic mass is 32.1. The van der Waals surface area contributed by atoms with E-state index >= 15 is 0 Å². The molecule has 0 aliphatic carbocycles. The van der Waals surface area contributed by atoms with Gasteiger partial charge in [-0.05, 0) is 37.6 Å². The topological polar surface area (TPSA) is 77.2 Å². The van der Waals surface area contributed by atoms with E-state index in [0.29, 0.717) is 11.7 Å². The molecule has 1 unspecified atom stereocenters. The average molecular weight is 420 g/mol. The molecule has 0 saturated carbocycles. The molecule has 1 atom stereocenters. The van der Waals surface area contributed by atoms with Gasteiger partial charge in [0.1, 0.15) is 11.9 Å². The van der Waals surface area contributed by atoms with E-state index in [1.54, 1.807) is 23.7 Å². The van der Waals surface area contributed by atoms with Gasteiger partial charge in [-0.2, -0.15) is 4.98 Å². The van der Waals surface area contributed by atoms with Crippen LogP contribution < -0.4 is 4.74 Å². The quantitative estimate of drug-likeness (QED) is 0.463. The fourth-order valence-corrected chi connectivity index (χ4v) is 4.41. The Morgan fingerprint density at radius 1 is 1.20 bits per heavy atom. The third kappa shape index (κ3) is 3.96. The molecule has 1 aliphatic heterocycles. The van der Waals surface area contributed by atoms with Crippen molar-refractivity contribution in [2.75, 3.05) is 13.1 Å². The Balaban J connectivity index is 1.30. The third-order valence-electron chi connectivity index (χ3n) is 5.22. The Morgan fingerprint density at radius 3 is 2.90 bits per heavy atom. The molecular formula is C22H21N5O2S. The summed E-state index contributed by atoms with van der Waals surface area (Å²) in [7, 11) is 0. The Bertz CT molecular complexity index is 1130.